The van der Waals surface area contributed by atoms with E-state index in [0.717, 1.165) is 25.2 Å². The van der Waals surface area contributed by atoms with E-state index in [2.05, 4.69) is 39.3 Å². The zero-order valence-electron chi connectivity index (χ0n) is 13.3. The molecule has 0 radical (unpaired) electrons. The number of β-amino-alcohol motifs (C(OH)–C–C–N with tert-alkyl or cyclic N) is 1. The molecule has 122 valence electrons. The summed E-state index contributed by atoms with van der Waals surface area (Å²) in [6.07, 6.45) is 4.86. The van der Waals surface area contributed by atoms with Crippen LogP contribution in [0.5, 0.6) is 0 Å². The number of aromatic nitrogens is 2. The maximum absolute atomic E-state index is 10.0. The molecule has 0 bridgehead atoms. The van der Waals surface area contributed by atoms with Gasteiger partial charge in [-0.1, -0.05) is 35.5 Å². The third-order valence-electron chi connectivity index (χ3n) is 4.82. The maximum atomic E-state index is 10.0. The van der Waals surface area contributed by atoms with Crippen LogP contribution in [0.3, 0.4) is 0 Å². The zero-order chi connectivity index (χ0) is 15.6. The monoisotopic (exact) mass is 313 g/mol. The highest BCUT2D eigenvalue weighted by Crippen LogP contribution is 2.39. The topological polar surface area (TPSA) is 62.4 Å². The molecule has 5 heteroatoms. The molecule has 1 aromatic carbocycles. The molecule has 5 nitrogen and oxygen atoms in total. The largest absolute Gasteiger partial charge is 0.392 e. The molecule has 2 fully saturated rings. The van der Waals surface area contributed by atoms with Crippen molar-refractivity contribution in [2.75, 3.05) is 13.1 Å². The first kappa shape index (κ1) is 14.8. The lowest BCUT2D eigenvalue weighted by Gasteiger charge is -2.20. The summed E-state index contributed by atoms with van der Waals surface area (Å²) < 4.78 is 5.48. The van der Waals surface area contributed by atoms with Crippen LogP contribution in [0.15, 0.2) is 34.9 Å². The third-order valence-corrected chi connectivity index (χ3v) is 4.82. The van der Waals surface area contributed by atoms with Crippen LogP contribution in [-0.2, 0) is 6.42 Å². The second-order valence-electron chi connectivity index (χ2n) is 6.75. The molecule has 1 aliphatic carbocycles. The van der Waals surface area contributed by atoms with Crippen molar-refractivity contribution in [2.24, 2.45) is 0 Å². The number of hydrogen-bond donors (Lipinski definition) is 1. The number of likely N-dealkylation sites (tertiary alicyclic amines) is 1. The summed E-state index contributed by atoms with van der Waals surface area (Å²) in [4.78, 5) is 6.86. The molecule has 4 rings (SSSR count). The van der Waals surface area contributed by atoms with Crippen LogP contribution in [0.2, 0.25) is 0 Å². The highest BCUT2D eigenvalue weighted by molar-refractivity contribution is 5.14. The van der Waals surface area contributed by atoms with Gasteiger partial charge in [0.15, 0.2) is 5.82 Å². The van der Waals surface area contributed by atoms with Crippen LogP contribution in [0.25, 0.3) is 0 Å². The lowest BCUT2D eigenvalue weighted by atomic mass is 10.1. The van der Waals surface area contributed by atoms with Gasteiger partial charge in [-0.2, -0.15) is 4.98 Å². The van der Waals surface area contributed by atoms with Gasteiger partial charge in [0.25, 0.3) is 0 Å². The molecular weight excluding hydrogens is 290 g/mol. The number of aliphatic hydroxyl groups excluding tert-OH is 1. The number of benzene rings is 1. The normalized spacial score (nSPS) is 25.1. The van der Waals surface area contributed by atoms with Gasteiger partial charge < -0.3 is 9.63 Å². The number of aryl methyl sites for hydroxylation is 1. The van der Waals surface area contributed by atoms with Crippen molar-refractivity contribution in [1.82, 2.24) is 15.0 Å². The Kier molecular flexibility index (Phi) is 4.14. The van der Waals surface area contributed by atoms with Gasteiger partial charge in [0.05, 0.1) is 12.1 Å². The first-order chi connectivity index (χ1) is 11.3. The van der Waals surface area contributed by atoms with Crippen molar-refractivity contribution >= 4 is 0 Å². The van der Waals surface area contributed by atoms with Gasteiger partial charge in [-0.15, -0.1) is 0 Å². The van der Waals surface area contributed by atoms with Gasteiger partial charge >= 0.3 is 0 Å². The van der Waals surface area contributed by atoms with E-state index in [0.29, 0.717) is 24.8 Å². The van der Waals surface area contributed by atoms with Gasteiger partial charge in [-0.05, 0) is 44.2 Å². The SMILES string of the molecule is O[C@@H]1C[C@@H](c2nc(C3CC3)no2)N(CCCc2ccccc2)C1. The van der Waals surface area contributed by atoms with E-state index in [1.807, 2.05) is 6.07 Å². The molecule has 23 heavy (non-hydrogen) atoms. The lowest BCUT2D eigenvalue weighted by Crippen LogP contribution is -2.26. The molecule has 1 saturated heterocycles. The van der Waals surface area contributed by atoms with Crippen LogP contribution in [0.4, 0.5) is 0 Å². The van der Waals surface area contributed by atoms with E-state index in [1.54, 1.807) is 0 Å². The van der Waals surface area contributed by atoms with Crippen LogP contribution in [0, 0.1) is 0 Å². The number of hydrogen-bond acceptors (Lipinski definition) is 5. The Morgan fingerprint density at radius 2 is 2.04 bits per heavy atom. The number of aliphatic hydroxyl groups is 1. The number of rotatable bonds is 6. The van der Waals surface area contributed by atoms with E-state index in [1.165, 1.54) is 18.4 Å². The minimum absolute atomic E-state index is 0.0702. The Morgan fingerprint density at radius 1 is 1.22 bits per heavy atom. The fraction of sp³-hybridized carbons (Fsp3) is 0.556. The fourth-order valence-corrected chi connectivity index (χ4v) is 3.40. The molecule has 0 spiro atoms. The Labute approximate surface area is 136 Å². The molecule has 0 amide bonds. The van der Waals surface area contributed by atoms with Gasteiger partial charge in [0.2, 0.25) is 5.89 Å². The fourth-order valence-electron chi connectivity index (χ4n) is 3.40. The van der Waals surface area contributed by atoms with Crippen molar-refractivity contribution in [3.05, 3.63) is 47.6 Å². The Morgan fingerprint density at radius 3 is 2.83 bits per heavy atom. The van der Waals surface area contributed by atoms with Crippen LogP contribution >= 0.6 is 0 Å². The van der Waals surface area contributed by atoms with E-state index >= 15 is 0 Å². The highest BCUT2D eigenvalue weighted by atomic mass is 16.5. The minimum atomic E-state index is -0.298. The molecule has 2 heterocycles. The number of nitrogens with zero attached hydrogens (tertiary/aromatic N) is 3. The smallest absolute Gasteiger partial charge is 0.244 e. The molecule has 2 aromatic rings. The van der Waals surface area contributed by atoms with Crippen LogP contribution in [-0.4, -0.2) is 39.3 Å². The summed E-state index contributed by atoms with van der Waals surface area (Å²) in [6.45, 7) is 1.64. The van der Waals surface area contributed by atoms with Crippen molar-refractivity contribution in [1.29, 1.82) is 0 Å². The maximum Gasteiger partial charge on any atom is 0.244 e. The standard InChI is InChI=1S/C18H23N3O2/c22-15-11-16(18-19-17(20-23-18)14-8-9-14)21(12-15)10-4-7-13-5-2-1-3-6-13/h1-3,5-6,14-16,22H,4,7-12H2/t15-,16+/m1/s1. The quantitative estimate of drug-likeness (QED) is 0.888. The van der Waals surface area contributed by atoms with Crippen molar-refractivity contribution in [3.63, 3.8) is 0 Å². The molecule has 1 aromatic heterocycles. The zero-order valence-corrected chi connectivity index (χ0v) is 13.3. The average molecular weight is 313 g/mol. The van der Waals surface area contributed by atoms with Gasteiger partial charge in [0, 0.05) is 12.5 Å². The third kappa shape index (κ3) is 3.46. The predicted octanol–water partition coefficient (Wildman–Crippen LogP) is 2.69. The summed E-state index contributed by atoms with van der Waals surface area (Å²) in [5.74, 6) is 2.04. The van der Waals surface area contributed by atoms with Crippen molar-refractivity contribution in [2.45, 2.75) is 50.2 Å². The average Bonchev–Trinajstić information content (AvgIpc) is 3.18. The summed E-state index contributed by atoms with van der Waals surface area (Å²) in [6, 6.07) is 10.6. The second-order valence-corrected chi connectivity index (χ2v) is 6.75. The van der Waals surface area contributed by atoms with Crippen LogP contribution in [0.1, 0.15) is 54.9 Å². The predicted molar refractivity (Wildman–Crippen MR) is 86.0 cm³/mol. The molecule has 1 saturated carbocycles. The highest BCUT2D eigenvalue weighted by Gasteiger charge is 2.37. The van der Waals surface area contributed by atoms with E-state index in [-0.39, 0.29) is 12.1 Å². The van der Waals surface area contributed by atoms with Gasteiger partial charge in [-0.25, -0.2) is 0 Å². The Hall–Kier alpha value is -1.72. The van der Waals surface area contributed by atoms with Crippen LogP contribution < -0.4 is 0 Å². The van der Waals surface area contributed by atoms with E-state index < -0.39 is 0 Å². The van der Waals surface area contributed by atoms with Crippen molar-refractivity contribution in [3.8, 4) is 0 Å². The minimum Gasteiger partial charge on any atom is -0.392 e. The second kappa shape index (κ2) is 6.42. The van der Waals surface area contributed by atoms with E-state index in [9.17, 15) is 5.11 Å². The summed E-state index contributed by atoms with van der Waals surface area (Å²) in [5, 5.41) is 14.2. The van der Waals surface area contributed by atoms with Crippen molar-refractivity contribution < 1.29 is 9.63 Å². The molecule has 1 aliphatic heterocycles. The molecule has 0 unspecified atom stereocenters. The molecule has 1 N–H and O–H groups in total. The first-order valence-electron chi connectivity index (χ1n) is 8.59. The first-order valence-corrected chi connectivity index (χ1v) is 8.59. The molecule has 2 atom stereocenters. The lowest BCUT2D eigenvalue weighted by molar-refractivity contribution is 0.172. The van der Waals surface area contributed by atoms with E-state index in [4.69, 9.17) is 4.52 Å². The summed E-state index contributed by atoms with van der Waals surface area (Å²) in [7, 11) is 0. The molecule has 2 aliphatic rings. The van der Waals surface area contributed by atoms with Gasteiger partial charge in [0.1, 0.15) is 0 Å². The Balaban J connectivity index is 1.37. The molecular formula is C18H23N3O2. The summed E-state index contributed by atoms with van der Waals surface area (Å²) >= 11 is 0. The summed E-state index contributed by atoms with van der Waals surface area (Å²) in [5.41, 5.74) is 1.36. The Bertz CT molecular complexity index is 639. The van der Waals surface area contributed by atoms with Gasteiger partial charge in [-0.3, -0.25) is 4.90 Å².